The molecule has 4 rings (SSSR count). The molecule has 0 radical (unpaired) electrons. The molecule has 0 bridgehead atoms. The Morgan fingerprint density at radius 1 is 1.21 bits per heavy atom. The van der Waals surface area contributed by atoms with Gasteiger partial charge in [-0.1, -0.05) is 13.8 Å². The molecule has 8 nitrogen and oxygen atoms in total. The fraction of sp³-hybridized carbons (Fsp3) is 0.500. The number of piperazine rings is 1. The van der Waals surface area contributed by atoms with Gasteiger partial charge in [-0.2, -0.15) is 0 Å². The number of aliphatic hydroxyl groups is 1. The zero-order valence-electron chi connectivity index (χ0n) is 16.9. The Hall–Kier alpha value is -2.36. The van der Waals surface area contributed by atoms with E-state index in [1.54, 1.807) is 34.1 Å². The lowest BCUT2D eigenvalue weighted by Crippen LogP contribution is -2.48. The van der Waals surface area contributed by atoms with Gasteiger partial charge < -0.3 is 10.0 Å². The zero-order valence-corrected chi connectivity index (χ0v) is 17.8. The van der Waals surface area contributed by atoms with Gasteiger partial charge in [0.1, 0.15) is 6.10 Å². The molecule has 0 aromatic carbocycles. The van der Waals surface area contributed by atoms with Crippen molar-refractivity contribution in [2.45, 2.75) is 33.4 Å². The van der Waals surface area contributed by atoms with Crippen LogP contribution in [0.3, 0.4) is 0 Å². The first-order chi connectivity index (χ1) is 13.9. The van der Waals surface area contributed by atoms with E-state index in [1.165, 1.54) is 0 Å². The summed E-state index contributed by atoms with van der Waals surface area (Å²) in [4.78, 5) is 21.8. The third-order valence-corrected chi connectivity index (χ3v) is 6.11. The number of hydrogen-bond acceptors (Lipinski definition) is 7. The van der Waals surface area contributed by atoms with Crippen LogP contribution in [0, 0.1) is 12.8 Å². The Bertz CT molecular complexity index is 1010. The largest absolute Gasteiger partial charge is 0.385 e. The number of carbonyl (C=O) groups is 1. The topological polar surface area (TPSA) is 86.9 Å². The molecule has 154 valence electrons. The predicted octanol–water partition coefficient (Wildman–Crippen LogP) is 2.14. The maximum absolute atomic E-state index is 13.0. The molecule has 1 atom stereocenters. The number of amides is 1. The van der Waals surface area contributed by atoms with E-state index < -0.39 is 6.10 Å². The molecular weight excluding hydrogens is 388 g/mol. The fourth-order valence-electron chi connectivity index (χ4n) is 3.54. The number of nitrogens with zero attached hydrogens (tertiary/aromatic N) is 6. The summed E-state index contributed by atoms with van der Waals surface area (Å²) in [5, 5.41) is 21.8. The maximum Gasteiger partial charge on any atom is 0.255 e. The van der Waals surface area contributed by atoms with E-state index in [4.69, 9.17) is 0 Å². The monoisotopic (exact) mass is 414 g/mol. The standard InChI is InChI=1S/C20H26N6O2S/c1-13(2)18(27)19-23-22-17-5-4-15(10-26(17)19)20(28)25-8-6-24(7-9-25)11-16-12-29-14(3)21-16/h4-5,10,12-13,18,27H,6-9,11H2,1-3H3. The lowest BCUT2D eigenvalue weighted by molar-refractivity contribution is 0.0626. The van der Waals surface area contributed by atoms with Crippen molar-refractivity contribution in [2.24, 2.45) is 5.92 Å². The third kappa shape index (κ3) is 4.17. The van der Waals surface area contributed by atoms with E-state index in [0.717, 1.165) is 30.3 Å². The number of aryl methyl sites for hydroxylation is 1. The number of pyridine rings is 1. The van der Waals surface area contributed by atoms with Crippen molar-refractivity contribution in [3.63, 3.8) is 0 Å². The summed E-state index contributed by atoms with van der Waals surface area (Å²) >= 11 is 1.67. The van der Waals surface area contributed by atoms with Crippen LogP contribution in [0.15, 0.2) is 23.7 Å². The van der Waals surface area contributed by atoms with Crippen LogP contribution >= 0.6 is 11.3 Å². The normalized spacial score (nSPS) is 16.7. The minimum Gasteiger partial charge on any atom is -0.385 e. The summed E-state index contributed by atoms with van der Waals surface area (Å²) in [5.41, 5.74) is 2.30. The Labute approximate surface area is 173 Å². The molecule has 1 saturated heterocycles. The second kappa shape index (κ2) is 8.17. The molecule has 4 heterocycles. The minimum atomic E-state index is -0.728. The second-order valence-electron chi connectivity index (χ2n) is 7.82. The van der Waals surface area contributed by atoms with Crippen molar-refractivity contribution in [1.29, 1.82) is 0 Å². The highest BCUT2D eigenvalue weighted by atomic mass is 32.1. The van der Waals surface area contributed by atoms with Gasteiger partial charge in [-0.25, -0.2) is 4.98 Å². The number of thiazole rings is 1. The maximum atomic E-state index is 13.0. The molecule has 3 aromatic heterocycles. The predicted molar refractivity (Wildman–Crippen MR) is 111 cm³/mol. The summed E-state index contributed by atoms with van der Waals surface area (Å²) < 4.78 is 1.72. The van der Waals surface area contributed by atoms with Gasteiger partial charge >= 0.3 is 0 Å². The van der Waals surface area contributed by atoms with Gasteiger partial charge in [-0.15, -0.1) is 21.5 Å². The van der Waals surface area contributed by atoms with E-state index in [9.17, 15) is 9.90 Å². The van der Waals surface area contributed by atoms with E-state index in [-0.39, 0.29) is 11.8 Å². The molecule has 1 N–H and O–H groups in total. The smallest absolute Gasteiger partial charge is 0.255 e. The molecule has 1 aliphatic heterocycles. The summed E-state index contributed by atoms with van der Waals surface area (Å²) in [5.74, 6) is 0.471. The fourth-order valence-corrected chi connectivity index (χ4v) is 4.14. The van der Waals surface area contributed by atoms with Crippen molar-refractivity contribution >= 4 is 22.9 Å². The number of fused-ring (bicyclic) bond motifs is 1. The molecule has 29 heavy (non-hydrogen) atoms. The van der Waals surface area contributed by atoms with Gasteiger partial charge in [0.15, 0.2) is 11.5 Å². The van der Waals surface area contributed by atoms with Gasteiger partial charge in [-0.05, 0) is 25.0 Å². The summed E-state index contributed by atoms with van der Waals surface area (Å²) in [6.45, 7) is 9.72. The minimum absolute atomic E-state index is 0.00487. The first-order valence-corrected chi connectivity index (χ1v) is 10.8. The van der Waals surface area contributed by atoms with Crippen LogP contribution in [0.5, 0.6) is 0 Å². The highest BCUT2D eigenvalue weighted by Crippen LogP contribution is 2.21. The molecule has 1 amide bonds. The summed E-state index contributed by atoms with van der Waals surface area (Å²) in [6.07, 6.45) is 1.01. The first kappa shape index (κ1) is 19.9. The van der Waals surface area contributed by atoms with Gasteiger partial charge in [0.25, 0.3) is 5.91 Å². The lowest BCUT2D eigenvalue weighted by atomic mass is 10.1. The van der Waals surface area contributed by atoms with Crippen LogP contribution in [0.1, 0.15) is 46.8 Å². The van der Waals surface area contributed by atoms with E-state index in [1.807, 2.05) is 25.7 Å². The quantitative estimate of drug-likeness (QED) is 0.688. The molecule has 1 unspecified atom stereocenters. The number of rotatable bonds is 5. The SMILES string of the molecule is Cc1nc(CN2CCN(C(=O)c3ccc4nnc(C(O)C(C)C)n4c3)CC2)cs1. The average molecular weight is 415 g/mol. The molecule has 3 aromatic rings. The molecule has 1 aliphatic rings. The van der Waals surface area contributed by atoms with Gasteiger partial charge in [0, 0.05) is 44.3 Å². The Balaban J connectivity index is 1.44. The van der Waals surface area contributed by atoms with Gasteiger partial charge in [0.05, 0.1) is 16.3 Å². The third-order valence-electron chi connectivity index (χ3n) is 5.28. The van der Waals surface area contributed by atoms with Crippen LogP contribution in [0.2, 0.25) is 0 Å². The van der Waals surface area contributed by atoms with Gasteiger partial charge in [-0.3, -0.25) is 14.1 Å². The van der Waals surface area contributed by atoms with Crippen molar-refractivity contribution in [3.05, 3.63) is 45.8 Å². The number of hydrogen-bond donors (Lipinski definition) is 1. The number of carbonyl (C=O) groups excluding carboxylic acids is 1. The van der Waals surface area contributed by atoms with Crippen LogP contribution < -0.4 is 0 Å². The van der Waals surface area contributed by atoms with Crippen molar-refractivity contribution in [1.82, 2.24) is 29.4 Å². The average Bonchev–Trinajstić information content (AvgIpc) is 3.32. The zero-order chi connectivity index (χ0) is 20.5. The van der Waals surface area contributed by atoms with Crippen LogP contribution in [0.25, 0.3) is 5.65 Å². The van der Waals surface area contributed by atoms with Crippen molar-refractivity contribution in [2.75, 3.05) is 26.2 Å². The van der Waals surface area contributed by atoms with Crippen molar-refractivity contribution < 1.29 is 9.90 Å². The molecular formula is C20H26N6O2S. The van der Waals surface area contributed by atoms with Gasteiger partial charge in [0.2, 0.25) is 0 Å². The molecule has 9 heteroatoms. The summed E-state index contributed by atoms with van der Waals surface area (Å²) in [6, 6.07) is 3.56. The van der Waals surface area contributed by atoms with Crippen LogP contribution in [-0.2, 0) is 6.54 Å². The Morgan fingerprint density at radius 2 is 1.97 bits per heavy atom. The van der Waals surface area contributed by atoms with Crippen LogP contribution in [0.4, 0.5) is 0 Å². The number of aliphatic hydroxyl groups excluding tert-OH is 1. The molecule has 0 spiro atoms. The van der Waals surface area contributed by atoms with Crippen molar-refractivity contribution in [3.8, 4) is 0 Å². The lowest BCUT2D eigenvalue weighted by Gasteiger charge is -2.34. The summed E-state index contributed by atoms with van der Waals surface area (Å²) in [7, 11) is 0. The molecule has 1 fully saturated rings. The van der Waals surface area contributed by atoms with E-state index >= 15 is 0 Å². The van der Waals surface area contributed by atoms with E-state index in [0.29, 0.717) is 30.1 Å². The highest BCUT2D eigenvalue weighted by Gasteiger charge is 2.24. The number of aromatic nitrogens is 4. The first-order valence-electron chi connectivity index (χ1n) is 9.88. The Morgan fingerprint density at radius 3 is 2.62 bits per heavy atom. The van der Waals surface area contributed by atoms with E-state index in [2.05, 4.69) is 25.5 Å². The Kier molecular flexibility index (Phi) is 5.62. The second-order valence-corrected chi connectivity index (χ2v) is 8.88. The van der Waals surface area contributed by atoms with Crippen LogP contribution in [-0.4, -0.2) is 66.6 Å². The molecule has 0 saturated carbocycles. The highest BCUT2D eigenvalue weighted by molar-refractivity contribution is 7.09. The molecule has 0 aliphatic carbocycles.